The molecule has 4 N–H and O–H groups in total. The summed E-state index contributed by atoms with van der Waals surface area (Å²) in [5.74, 6) is -1.57. The lowest BCUT2D eigenvalue weighted by molar-refractivity contribution is -0.138. The Hall–Kier alpha value is -1.59. The van der Waals surface area contributed by atoms with E-state index in [9.17, 15) is 9.59 Å². The summed E-state index contributed by atoms with van der Waals surface area (Å²) < 4.78 is 0. The van der Waals surface area contributed by atoms with Gasteiger partial charge in [0.2, 0.25) is 5.91 Å². The standard InChI is InChI=1S/C4H7NO3.CH2O2/c5-3(6)1-2-4(7)8;2-1-3/h1-2H2,(H2,5,6)(H,7,8);1H,(H,2,3). The molecule has 0 bridgehead atoms. The maximum absolute atomic E-state index is 9.86. The molecule has 0 aliphatic heterocycles. The number of carboxylic acids is 1. The van der Waals surface area contributed by atoms with Gasteiger partial charge in [0.15, 0.2) is 0 Å². The fourth-order valence-electron chi connectivity index (χ4n) is 0.230. The Labute approximate surface area is 62.6 Å². The highest BCUT2D eigenvalue weighted by Crippen LogP contribution is 1.84. The smallest absolute Gasteiger partial charge is 0.303 e. The Kier molecular flexibility index (Phi) is 9.27. The molecule has 0 spiro atoms. The quantitative estimate of drug-likeness (QED) is 0.463. The van der Waals surface area contributed by atoms with Crippen LogP contribution in [0, 0.1) is 0 Å². The van der Waals surface area contributed by atoms with E-state index in [-0.39, 0.29) is 19.3 Å². The topological polar surface area (TPSA) is 118 Å². The Balaban J connectivity index is 0. The molecule has 0 rings (SSSR count). The first-order valence-electron chi connectivity index (χ1n) is 2.62. The Morgan fingerprint density at radius 3 is 1.82 bits per heavy atom. The van der Waals surface area contributed by atoms with Gasteiger partial charge in [0.1, 0.15) is 0 Å². The lowest BCUT2D eigenvalue weighted by Gasteiger charge is -1.86. The van der Waals surface area contributed by atoms with E-state index in [1.165, 1.54) is 0 Å². The van der Waals surface area contributed by atoms with E-state index in [2.05, 4.69) is 5.73 Å². The maximum atomic E-state index is 9.86. The third-order valence-corrected chi connectivity index (χ3v) is 0.585. The minimum absolute atomic E-state index is 0.0741. The number of nitrogens with two attached hydrogens (primary N) is 1. The van der Waals surface area contributed by atoms with Crippen LogP contribution in [0.15, 0.2) is 0 Å². The van der Waals surface area contributed by atoms with Crippen molar-refractivity contribution in [2.45, 2.75) is 12.8 Å². The number of amides is 1. The van der Waals surface area contributed by atoms with E-state index < -0.39 is 11.9 Å². The maximum Gasteiger partial charge on any atom is 0.303 e. The second-order valence-electron chi connectivity index (χ2n) is 1.47. The van der Waals surface area contributed by atoms with Gasteiger partial charge in [0.25, 0.3) is 6.47 Å². The van der Waals surface area contributed by atoms with Crippen LogP contribution >= 0.6 is 0 Å². The molecular formula is C5H9NO5. The van der Waals surface area contributed by atoms with Gasteiger partial charge >= 0.3 is 5.97 Å². The monoisotopic (exact) mass is 163 g/mol. The minimum Gasteiger partial charge on any atom is -0.483 e. The van der Waals surface area contributed by atoms with Crippen molar-refractivity contribution in [2.24, 2.45) is 5.73 Å². The molecule has 1 amide bonds. The normalized spacial score (nSPS) is 7.27. The molecule has 64 valence electrons. The van der Waals surface area contributed by atoms with Gasteiger partial charge in [0, 0.05) is 6.42 Å². The number of hydrogen-bond acceptors (Lipinski definition) is 3. The average molecular weight is 163 g/mol. The largest absolute Gasteiger partial charge is 0.483 e. The second-order valence-corrected chi connectivity index (χ2v) is 1.47. The lowest BCUT2D eigenvalue weighted by Crippen LogP contribution is -2.12. The third-order valence-electron chi connectivity index (χ3n) is 0.585. The molecule has 0 aromatic rings. The molecule has 6 nitrogen and oxygen atoms in total. The first kappa shape index (κ1) is 12.1. The van der Waals surface area contributed by atoms with Crippen molar-refractivity contribution in [3.05, 3.63) is 0 Å². The van der Waals surface area contributed by atoms with Crippen molar-refractivity contribution < 1.29 is 24.6 Å². The van der Waals surface area contributed by atoms with Crippen molar-refractivity contribution in [2.75, 3.05) is 0 Å². The Morgan fingerprint density at radius 1 is 1.36 bits per heavy atom. The number of carbonyl (C=O) groups is 3. The molecule has 0 atom stereocenters. The van der Waals surface area contributed by atoms with Crippen molar-refractivity contribution >= 4 is 18.3 Å². The van der Waals surface area contributed by atoms with Gasteiger partial charge in [-0.25, -0.2) is 0 Å². The highest BCUT2D eigenvalue weighted by atomic mass is 16.4. The number of carboxylic acid groups (broad SMARTS) is 2. The highest BCUT2D eigenvalue weighted by Gasteiger charge is 1.98. The van der Waals surface area contributed by atoms with Crippen LogP contribution in [0.5, 0.6) is 0 Å². The van der Waals surface area contributed by atoms with Crippen molar-refractivity contribution in [1.29, 1.82) is 0 Å². The van der Waals surface area contributed by atoms with Crippen LogP contribution in [0.3, 0.4) is 0 Å². The van der Waals surface area contributed by atoms with Crippen LogP contribution < -0.4 is 5.73 Å². The molecule has 0 saturated carbocycles. The van der Waals surface area contributed by atoms with Gasteiger partial charge in [-0.15, -0.1) is 0 Å². The molecule has 6 heteroatoms. The van der Waals surface area contributed by atoms with Crippen molar-refractivity contribution in [3.63, 3.8) is 0 Å². The second kappa shape index (κ2) is 8.41. The average Bonchev–Trinajstić information content (AvgIpc) is 1.85. The van der Waals surface area contributed by atoms with Crippen LogP contribution in [-0.4, -0.2) is 28.6 Å². The van der Waals surface area contributed by atoms with E-state index in [1.54, 1.807) is 0 Å². The molecule has 0 radical (unpaired) electrons. The molecule has 11 heavy (non-hydrogen) atoms. The van der Waals surface area contributed by atoms with Gasteiger partial charge in [-0.3, -0.25) is 14.4 Å². The van der Waals surface area contributed by atoms with Gasteiger partial charge < -0.3 is 15.9 Å². The van der Waals surface area contributed by atoms with E-state index in [0.29, 0.717) is 0 Å². The summed E-state index contributed by atoms with van der Waals surface area (Å²) in [6.07, 6.45) is -0.245. The van der Waals surface area contributed by atoms with Crippen LogP contribution in [0.4, 0.5) is 0 Å². The van der Waals surface area contributed by atoms with Crippen LogP contribution in [0.1, 0.15) is 12.8 Å². The fraction of sp³-hybridized carbons (Fsp3) is 0.400. The predicted octanol–water partition coefficient (Wildman–Crippen LogP) is -0.963. The fourth-order valence-corrected chi connectivity index (χ4v) is 0.230. The molecule has 0 saturated heterocycles. The van der Waals surface area contributed by atoms with Crippen LogP contribution in [0.2, 0.25) is 0 Å². The van der Waals surface area contributed by atoms with Gasteiger partial charge in [-0.2, -0.15) is 0 Å². The summed E-state index contributed by atoms with van der Waals surface area (Å²) in [6, 6.07) is 0. The Bertz CT molecular complexity index is 130. The van der Waals surface area contributed by atoms with Crippen LogP contribution in [0.25, 0.3) is 0 Å². The molecule has 0 aromatic heterocycles. The predicted molar refractivity (Wildman–Crippen MR) is 34.8 cm³/mol. The van der Waals surface area contributed by atoms with E-state index >= 15 is 0 Å². The number of primary amides is 1. The molecule has 0 aliphatic rings. The molecule has 0 fully saturated rings. The summed E-state index contributed by atoms with van der Waals surface area (Å²) in [5, 5.41) is 14.8. The third kappa shape index (κ3) is 29.7. The van der Waals surface area contributed by atoms with Gasteiger partial charge in [0.05, 0.1) is 6.42 Å². The minimum atomic E-state index is -0.996. The highest BCUT2D eigenvalue weighted by molar-refractivity contribution is 5.79. The summed E-state index contributed by atoms with van der Waals surface area (Å²) in [4.78, 5) is 27.9. The van der Waals surface area contributed by atoms with Crippen LogP contribution in [-0.2, 0) is 14.4 Å². The van der Waals surface area contributed by atoms with Gasteiger partial charge in [-0.05, 0) is 0 Å². The number of aliphatic carboxylic acids is 1. The van der Waals surface area contributed by atoms with E-state index in [1.807, 2.05) is 0 Å². The van der Waals surface area contributed by atoms with E-state index in [0.717, 1.165) is 0 Å². The molecular weight excluding hydrogens is 154 g/mol. The zero-order valence-corrected chi connectivity index (χ0v) is 5.69. The number of carbonyl (C=O) groups excluding carboxylic acids is 1. The van der Waals surface area contributed by atoms with Crippen molar-refractivity contribution in [3.8, 4) is 0 Å². The SMILES string of the molecule is NC(=O)CCC(=O)O.O=CO. The molecule has 0 aromatic carbocycles. The number of rotatable bonds is 3. The zero-order valence-electron chi connectivity index (χ0n) is 5.69. The molecule has 0 unspecified atom stereocenters. The number of hydrogen-bond donors (Lipinski definition) is 3. The lowest BCUT2D eigenvalue weighted by atomic mass is 10.3. The first-order valence-corrected chi connectivity index (χ1v) is 2.62. The zero-order chi connectivity index (χ0) is 9.28. The molecule has 0 heterocycles. The summed E-state index contributed by atoms with van der Waals surface area (Å²) >= 11 is 0. The summed E-state index contributed by atoms with van der Waals surface area (Å²) in [6.45, 7) is -0.250. The van der Waals surface area contributed by atoms with Crippen molar-refractivity contribution in [1.82, 2.24) is 0 Å². The summed E-state index contributed by atoms with van der Waals surface area (Å²) in [5.41, 5.74) is 4.64. The molecule has 0 aliphatic carbocycles. The Morgan fingerprint density at radius 2 is 1.73 bits per heavy atom. The van der Waals surface area contributed by atoms with E-state index in [4.69, 9.17) is 15.0 Å². The first-order chi connectivity index (χ1) is 5.04. The van der Waals surface area contributed by atoms with Gasteiger partial charge in [-0.1, -0.05) is 0 Å². The summed E-state index contributed by atoms with van der Waals surface area (Å²) in [7, 11) is 0.